The predicted octanol–water partition coefficient (Wildman–Crippen LogP) is 2.53. The summed E-state index contributed by atoms with van der Waals surface area (Å²) in [5.74, 6) is 0. The molecular weight excluding hydrogens is 223 g/mol. The quantitative estimate of drug-likeness (QED) is 0.730. The Morgan fingerprint density at radius 2 is 2.00 bits per heavy atom. The van der Waals surface area contributed by atoms with Gasteiger partial charge in [-0.2, -0.15) is 0 Å². The van der Waals surface area contributed by atoms with E-state index in [1.807, 2.05) is 12.1 Å². The second-order valence-electron chi connectivity index (χ2n) is 2.48. The van der Waals surface area contributed by atoms with Crippen molar-refractivity contribution in [2.45, 2.75) is 12.6 Å². The first-order valence-electron chi connectivity index (χ1n) is 3.56. The van der Waals surface area contributed by atoms with E-state index in [-0.39, 0.29) is 6.42 Å². The van der Waals surface area contributed by atoms with Crippen molar-refractivity contribution in [1.29, 1.82) is 0 Å². The van der Waals surface area contributed by atoms with Crippen LogP contribution in [0.2, 0.25) is 0 Å². The first-order valence-corrected chi connectivity index (χ1v) is 4.35. The molecule has 64 valence electrons. The molecule has 1 aromatic rings. The highest BCUT2D eigenvalue weighted by atomic mass is 79.9. The molecule has 0 saturated heterocycles. The third-order valence-electron chi connectivity index (χ3n) is 1.49. The second-order valence-corrected chi connectivity index (χ2v) is 3.40. The number of hydrogen-bond acceptors (Lipinski definition) is 1. The number of carbonyl (C=O) groups excluding carboxylic acids is 1. The van der Waals surface area contributed by atoms with Crippen LogP contribution in [0.4, 0.5) is 4.39 Å². The van der Waals surface area contributed by atoms with E-state index in [0.717, 1.165) is 10.0 Å². The van der Waals surface area contributed by atoms with Crippen molar-refractivity contribution >= 4 is 22.2 Å². The normalized spacial score (nSPS) is 12.5. The van der Waals surface area contributed by atoms with Gasteiger partial charge in [-0.1, -0.05) is 28.1 Å². The smallest absolute Gasteiger partial charge is 0.159 e. The zero-order valence-corrected chi connectivity index (χ0v) is 7.92. The molecule has 0 fully saturated rings. The van der Waals surface area contributed by atoms with E-state index in [2.05, 4.69) is 15.9 Å². The van der Waals surface area contributed by atoms with Crippen LogP contribution >= 0.6 is 15.9 Å². The SMILES string of the molecule is O=CC(F)Cc1ccc(Br)cc1. The van der Waals surface area contributed by atoms with Crippen LogP contribution in [0.1, 0.15) is 5.56 Å². The number of benzene rings is 1. The van der Waals surface area contributed by atoms with Crippen LogP contribution in [-0.2, 0) is 11.2 Å². The Kier molecular flexibility index (Phi) is 3.41. The lowest BCUT2D eigenvalue weighted by Gasteiger charge is -2.00. The Hall–Kier alpha value is -0.700. The largest absolute Gasteiger partial charge is 0.300 e. The summed E-state index contributed by atoms with van der Waals surface area (Å²) >= 11 is 3.27. The topological polar surface area (TPSA) is 17.1 Å². The number of rotatable bonds is 3. The summed E-state index contributed by atoms with van der Waals surface area (Å²) in [5.41, 5.74) is 0.831. The first kappa shape index (κ1) is 9.39. The maximum Gasteiger partial charge on any atom is 0.159 e. The number of carbonyl (C=O) groups is 1. The monoisotopic (exact) mass is 230 g/mol. The predicted molar refractivity (Wildman–Crippen MR) is 48.8 cm³/mol. The number of alkyl halides is 1. The van der Waals surface area contributed by atoms with Crippen LogP contribution < -0.4 is 0 Å². The molecule has 12 heavy (non-hydrogen) atoms. The third kappa shape index (κ3) is 2.74. The van der Waals surface area contributed by atoms with Crippen LogP contribution in [-0.4, -0.2) is 12.5 Å². The Morgan fingerprint density at radius 3 is 2.50 bits per heavy atom. The van der Waals surface area contributed by atoms with Crippen molar-refractivity contribution in [1.82, 2.24) is 0 Å². The molecule has 0 bridgehead atoms. The zero-order valence-electron chi connectivity index (χ0n) is 6.34. The molecule has 0 heterocycles. The van der Waals surface area contributed by atoms with Gasteiger partial charge >= 0.3 is 0 Å². The molecular formula is C9H8BrFO. The van der Waals surface area contributed by atoms with E-state index in [1.54, 1.807) is 12.1 Å². The van der Waals surface area contributed by atoms with E-state index in [1.165, 1.54) is 0 Å². The molecule has 1 unspecified atom stereocenters. The highest BCUT2D eigenvalue weighted by Crippen LogP contribution is 2.12. The molecule has 0 amide bonds. The van der Waals surface area contributed by atoms with E-state index in [4.69, 9.17) is 0 Å². The first-order chi connectivity index (χ1) is 5.72. The van der Waals surface area contributed by atoms with Gasteiger partial charge in [0.05, 0.1) is 0 Å². The molecule has 0 aliphatic heterocycles. The van der Waals surface area contributed by atoms with Gasteiger partial charge in [-0.15, -0.1) is 0 Å². The van der Waals surface area contributed by atoms with E-state index >= 15 is 0 Å². The lowest BCUT2D eigenvalue weighted by Crippen LogP contribution is -2.05. The lowest BCUT2D eigenvalue weighted by atomic mass is 10.1. The van der Waals surface area contributed by atoms with Gasteiger partial charge in [0.15, 0.2) is 12.5 Å². The molecule has 1 rings (SSSR count). The van der Waals surface area contributed by atoms with Crippen molar-refractivity contribution in [2.75, 3.05) is 0 Å². The Morgan fingerprint density at radius 1 is 1.42 bits per heavy atom. The Balaban J connectivity index is 2.64. The molecule has 0 aromatic heterocycles. The summed E-state index contributed by atoms with van der Waals surface area (Å²) < 4.78 is 13.5. The van der Waals surface area contributed by atoms with Gasteiger partial charge in [0.25, 0.3) is 0 Å². The van der Waals surface area contributed by atoms with Crippen LogP contribution in [0.5, 0.6) is 0 Å². The van der Waals surface area contributed by atoms with Crippen LogP contribution in [0.25, 0.3) is 0 Å². The summed E-state index contributed by atoms with van der Waals surface area (Å²) in [7, 11) is 0. The standard InChI is InChI=1S/C9H8BrFO/c10-8-3-1-7(2-4-8)5-9(11)6-12/h1-4,6,9H,5H2. The summed E-state index contributed by atoms with van der Waals surface area (Å²) in [6, 6.07) is 7.24. The fraction of sp³-hybridized carbons (Fsp3) is 0.222. The zero-order chi connectivity index (χ0) is 8.97. The second kappa shape index (κ2) is 4.36. The average molecular weight is 231 g/mol. The third-order valence-corrected chi connectivity index (χ3v) is 2.02. The van der Waals surface area contributed by atoms with E-state index < -0.39 is 6.17 Å². The van der Waals surface area contributed by atoms with Crippen molar-refractivity contribution in [2.24, 2.45) is 0 Å². The van der Waals surface area contributed by atoms with Gasteiger partial charge in [-0.25, -0.2) is 4.39 Å². The highest BCUT2D eigenvalue weighted by Gasteiger charge is 2.04. The maximum absolute atomic E-state index is 12.5. The molecule has 0 spiro atoms. The molecule has 1 aromatic carbocycles. The molecule has 1 atom stereocenters. The van der Waals surface area contributed by atoms with Gasteiger partial charge < -0.3 is 4.79 Å². The van der Waals surface area contributed by atoms with Gasteiger partial charge in [0.1, 0.15) is 0 Å². The summed E-state index contributed by atoms with van der Waals surface area (Å²) in [6.07, 6.45) is -0.898. The molecule has 0 radical (unpaired) electrons. The molecule has 1 nitrogen and oxygen atoms in total. The molecule has 0 aliphatic rings. The number of aldehydes is 1. The van der Waals surface area contributed by atoms with Gasteiger partial charge in [0, 0.05) is 10.9 Å². The fourth-order valence-corrected chi connectivity index (χ4v) is 1.16. The summed E-state index contributed by atoms with van der Waals surface area (Å²) in [5, 5.41) is 0. The van der Waals surface area contributed by atoms with Crippen molar-refractivity contribution in [3.05, 3.63) is 34.3 Å². The molecule has 0 aliphatic carbocycles. The highest BCUT2D eigenvalue weighted by molar-refractivity contribution is 9.10. The maximum atomic E-state index is 12.5. The fourth-order valence-electron chi connectivity index (χ4n) is 0.894. The minimum absolute atomic E-state index is 0.163. The summed E-state index contributed by atoms with van der Waals surface area (Å²) in [6.45, 7) is 0. The molecule has 0 saturated carbocycles. The van der Waals surface area contributed by atoms with Crippen LogP contribution in [0.3, 0.4) is 0 Å². The lowest BCUT2D eigenvalue weighted by molar-refractivity contribution is -0.111. The van der Waals surface area contributed by atoms with Gasteiger partial charge in [-0.3, -0.25) is 0 Å². The average Bonchev–Trinajstić information content (AvgIpc) is 2.09. The van der Waals surface area contributed by atoms with Crippen molar-refractivity contribution < 1.29 is 9.18 Å². The van der Waals surface area contributed by atoms with Gasteiger partial charge in [-0.05, 0) is 17.7 Å². The van der Waals surface area contributed by atoms with E-state index in [9.17, 15) is 9.18 Å². The minimum atomic E-state index is -1.38. The molecule has 3 heteroatoms. The number of halogens is 2. The van der Waals surface area contributed by atoms with Crippen molar-refractivity contribution in [3.8, 4) is 0 Å². The number of hydrogen-bond donors (Lipinski definition) is 0. The molecule has 0 N–H and O–H groups in total. The summed E-state index contributed by atoms with van der Waals surface area (Å²) in [4.78, 5) is 9.99. The van der Waals surface area contributed by atoms with E-state index in [0.29, 0.717) is 6.29 Å². The van der Waals surface area contributed by atoms with Crippen LogP contribution in [0.15, 0.2) is 28.7 Å². The van der Waals surface area contributed by atoms with Crippen molar-refractivity contribution in [3.63, 3.8) is 0 Å². The Bertz CT molecular complexity index is 258. The minimum Gasteiger partial charge on any atom is -0.300 e. The van der Waals surface area contributed by atoms with Gasteiger partial charge in [0.2, 0.25) is 0 Å². The Labute approximate surface area is 78.7 Å². The van der Waals surface area contributed by atoms with Crippen LogP contribution in [0, 0.1) is 0 Å².